The van der Waals surface area contributed by atoms with Crippen LogP contribution in [0.2, 0.25) is 0 Å². The van der Waals surface area contributed by atoms with Crippen molar-refractivity contribution >= 4 is 15.9 Å². The molecule has 0 spiro atoms. The van der Waals surface area contributed by atoms with Crippen LogP contribution in [-0.2, 0) is 17.1 Å². The smallest absolute Gasteiger partial charge is 0.272 e. The Labute approximate surface area is 153 Å². The van der Waals surface area contributed by atoms with Crippen LogP contribution in [0.5, 0.6) is 0 Å². The molecular weight excluding hydrogens is 354 g/mol. The molecule has 1 amide bonds. The highest BCUT2D eigenvalue weighted by Crippen LogP contribution is 2.24. The molecule has 0 atom stereocenters. The summed E-state index contributed by atoms with van der Waals surface area (Å²) >= 11 is 0. The van der Waals surface area contributed by atoms with E-state index in [9.17, 15) is 13.2 Å². The van der Waals surface area contributed by atoms with E-state index in [1.54, 1.807) is 54.9 Å². The summed E-state index contributed by atoms with van der Waals surface area (Å²) in [7, 11) is -1.91. The lowest BCUT2D eigenvalue weighted by atomic mass is 10.3. The number of aromatic nitrogens is 3. The molecule has 0 N–H and O–H groups in total. The monoisotopic (exact) mass is 377 g/mol. The fraction of sp³-hybridized carbons (Fsp3) is 0.471. The van der Waals surface area contributed by atoms with Gasteiger partial charge in [-0.3, -0.25) is 14.5 Å². The summed E-state index contributed by atoms with van der Waals surface area (Å²) in [6.45, 7) is 4.94. The van der Waals surface area contributed by atoms with Crippen molar-refractivity contribution < 1.29 is 13.2 Å². The van der Waals surface area contributed by atoms with Crippen molar-refractivity contribution in [1.82, 2.24) is 24.0 Å². The number of carbonyl (C=O) groups is 1. The zero-order valence-electron chi connectivity index (χ0n) is 15.2. The number of hydrogen-bond donors (Lipinski definition) is 0. The molecule has 2 aromatic rings. The third-order valence-corrected chi connectivity index (χ3v) is 6.82. The largest absolute Gasteiger partial charge is 0.336 e. The van der Waals surface area contributed by atoms with Crippen LogP contribution in [0.1, 0.15) is 28.3 Å². The zero-order valence-corrected chi connectivity index (χ0v) is 16.0. The van der Waals surface area contributed by atoms with Gasteiger partial charge in [0.1, 0.15) is 10.6 Å². The molecule has 26 heavy (non-hydrogen) atoms. The molecule has 3 heterocycles. The van der Waals surface area contributed by atoms with Crippen LogP contribution < -0.4 is 0 Å². The highest BCUT2D eigenvalue weighted by atomic mass is 32.2. The molecular formula is C17H23N5O3S. The topological polar surface area (TPSA) is 88.4 Å². The van der Waals surface area contributed by atoms with Crippen LogP contribution in [0.15, 0.2) is 29.3 Å². The Balaban J connectivity index is 1.79. The van der Waals surface area contributed by atoms with Gasteiger partial charge in [-0.1, -0.05) is 6.07 Å². The van der Waals surface area contributed by atoms with Gasteiger partial charge >= 0.3 is 0 Å². The molecule has 1 aliphatic rings. The molecule has 0 radical (unpaired) electrons. The van der Waals surface area contributed by atoms with Gasteiger partial charge in [-0.15, -0.1) is 0 Å². The summed E-state index contributed by atoms with van der Waals surface area (Å²) in [5.41, 5.74) is 1.49. The second kappa shape index (κ2) is 7.16. The quantitative estimate of drug-likeness (QED) is 0.795. The maximum Gasteiger partial charge on any atom is 0.272 e. The minimum atomic E-state index is -3.64. The van der Waals surface area contributed by atoms with Gasteiger partial charge in [0.15, 0.2) is 0 Å². The Morgan fingerprint density at radius 2 is 1.88 bits per heavy atom. The second-order valence-electron chi connectivity index (χ2n) is 6.39. The standard InChI is InChI=1S/C17H23N5O3S/c1-13-16(14(2)20(3)19-13)26(24,25)22-10-6-9-21(11-12-22)17(23)15-7-4-5-8-18-15/h4-5,7-8H,6,9-12H2,1-3H3. The minimum Gasteiger partial charge on any atom is -0.336 e. The molecule has 0 aromatic carbocycles. The number of nitrogens with zero attached hydrogens (tertiary/aromatic N) is 5. The van der Waals surface area contributed by atoms with E-state index >= 15 is 0 Å². The lowest BCUT2D eigenvalue weighted by Crippen LogP contribution is -2.37. The van der Waals surface area contributed by atoms with Crippen LogP contribution >= 0.6 is 0 Å². The highest BCUT2D eigenvalue weighted by molar-refractivity contribution is 7.89. The molecule has 1 saturated heterocycles. The SMILES string of the molecule is Cc1nn(C)c(C)c1S(=O)(=O)N1CCCN(C(=O)c2ccccn2)CC1. The Morgan fingerprint density at radius 1 is 1.12 bits per heavy atom. The van der Waals surface area contributed by atoms with Gasteiger partial charge in [-0.2, -0.15) is 9.40 Å². The van der Waals surface area contributed by atoms with E-state index in [0.717, 1.165) is 0 Å². The first-order valence-corrected chi connectivity index (χ1v) is 9.97. The van der Waals surface area contributed by atoms with Crippen LogP contribution in [0, 0.1) is 13.8 Å². The number of carbonyl (C=O) groups excluding carboxylic acids is 1. The molecule has 0 saturated carbocycles. The number of sulfonamides is 1. The van der Waals surface area contributed by atoms with Crippen LogP contribution in [0.25, 0.3) is 0 Å². The van der Waals surface area contributed by atoms with E-state index in [2.05, 4.69) is 10.1 Å². The molecule has 1 fully saturated rings. The van der Waals surface area contributed by atoms with Crippen molar-refractivity contribution in [2.75, 3.05) is 26.2 Å². The summed E-state index contributed by atoms with van der Waals surface area (Å²) in [4.78, 5) is 18.6. The Kier molecular flexibility index (Phi) is 5.10. The Morgan fingerprint density at radius 3 is 2.50 bits per heavy atom. The van der Waals surface area contributed by atoms with Crippen molar-refractivity contribution in [2.24, 2.45) is 7.05 Å². The summed E-state index contributed by atoms with van der Waals surface area (Å²) in [6.07, 6.45) is 2.16. The van der Waals surface area contributed by atoms with Crippen LogP contribution in [0.4, 0.5) is 0 Å². The summed E-state index contributed by atoms with van der Waals surface area (Å²) in [6, 6.07) is 5.19. The van der Waals surface area contributed by atoms with Gasteiger partial charge in [0.2, 0.25) is 10.0 Å². The van der Waals surface area contributed by atoms with E-state index < -0.39 is 10.0 Å². The van der Waals surface area contributed by atoms with Crippen LogP contribution in [-0.4, -0.2) is 64.5 Å². The number of amides is 1. The summed E-state index contributed by atoms with van der Waals surface area (Å²) in [5.74, 6) is -0.168. The Bertz CT molecular complexity index is 908. The van der Waals surface area contributed by atoms with Crippen LogP contribution in [0.3, 0.4) is 0 Å². The maximum absolute atomic E-state index is 13.1. The molecule has 0 aliphatic carbocycles. The molecule has 9 heteroatoms. The van der Waals surface area contributed by atoms with E-state index in [0.29, 0.717) is 43.1 Å². The average molecular weight is 377 g/mol. The zero-order chi connectivity index (χ0) is 18.9. The normalized spacial score (nSPS) is 16.5. The number of pyridine rings is 1. The predicted molar refractivity (Wildman–Crippen MR) is 96.2 cm³/mol. The summed E-state index contributed by atoms with van der Waals surface area (Å²) < 4.78 is 29.2. The molecule has 1 aliphatic heterocycles. The van der Waals surface area contributed by atoms with Crippen molar-refractivity contribution in [2.45, 2.75) is 25.2 Å². The second-order valence-corrected chi connectivity index (χ2v) is 8.26. The number of rotatable bonds is 3. The first-order valence-electron chi connectivity index (χ1n) is 8.53. The molecule has 140 valence electrons. The van der Waals surface area contributed by atoms with E-state index in [1.807, 2.05) is 0 Å². The molecule has 2 aromatic heterocycles. The third kappa shape index (κ3) is 3.36. The molecule has 3 rings (SSSR count). The fourth-order valence-corrected chi connectivity index (χ4v) is 5.11. The molecule has 0 bridgehead atoms. The molecule has 0 unspecified atom stereocenters. The fourth-order valence-electron chi connectivity index (χ4n) is 3.25. The van der Waals surface area contributed by atoms with Gasteiger partial charge < -0.3 is 4.90 Å². The first kappa shape index (κ1) is 18.5. The lowest BCUT2D eigenvalue weighted by Gasteiger charge is -2.22. The van der Waals surface area contributed by atoms with E-state index in [-0.39, 0.29) is 17.3 Å². The average Bonchev–Trinajstić information content (AvgIpc) is 2.81. The molecule has 8 nitrogen and oxygen atoms in total. The van der Waals surface area contributed by atoms with Crippen molar-refractivity contribution in [1.29, 1.82) is 0 Å². The Hall–Kier alpha value is -2.26. The van der Waals surface area contributed by atoms with Gasteiger partial charge in [-0.25, -0.2) is 8.42 Å². The van der Waals surface area contributed by atoms with E-state index in [1.165, 1.54) is 4.31 Å². The summed E-state index contributed by atoms with van der Waals surface area (Å²) in [5, 5.41) is 4.22. The van der Waals surface area contributed by atoms with Gasteiger partial charge in [0.05, 0.1) is 11.4 Å². The highest BCUT2D eigenvalue weighted by Gasteiger charge is 2.32. The van der Waals surface area contributed by atoms with Gasteiger partial charge in [-0.05, 0) is 32.4 Å². The minimum absolute atomic E-state index is 0.168. The predicted octanol–water partition coefficient (Wildman–Crippen LogP) is 0.969. The van der Waals surface area contributed by atoms with Gasteiger partial charge in [0.25, 0.3) is 5.91 Å². The van der Waals surface area contributed by atoms with Crippen molar-refractivity contribution in [3.63, 3.8) is 0 Å². The number of hydrogen-bond acceptors (Lipinski definition) is 5. The van der Waals surface area contributed by atoms with E-state index in [4.69, 9.17) is 0 Å². The van der Waals surface area contributed by atoms with Crippen molar-refractivity contribution in [3.8, 4) is 0 Å². The lowest BCUT2D eigenvalue weighted by molar-refractivity contribution is 0.0758. The van der Waals surface area contributed by atoms with Gasteiger partial charge in [0, 0.05) is 39.4 Å². The van der Waals surface area contributed by atoms with Crippen molar-refractivity contribution in [3.05, 3.63) is 41.5 Å². The maximum atomic E-state index is 13.1. The third-order valence-electron chi connectivity index (χ3n) is 4.67. The number of aryl methyl sites for hydroxylation is 2. The first-order chi connectivity index (χ1) is 12.3.